The Bertz CT molecular complexity index is 1060. The van der Waals surface area contributed by atoms with Crippen molar-refractivity contribution < 1.29 is 13.5 Å². The minimum Gasteiger partial charge on any atom is -0.378 e. The highest BCUT2D eigenvalue weighted by atomic mass is 19.1. The lowest BCUT2D eigenvalue weighted by Crippen LogP contribution is -1.96. The largest absolute Gasteiger partial charge is 0.378 e. The second-order valence-corrected chi connectivity index (χ2v) is 5.83. The highest BCUT2D eigenvalue weighted by molar-refractivity contribution is 5.81. The molecule has 0 unspecified atom stereocenters. The Morgan fingerprint density at radius 1 is 0.885 bits per heavy atom. The quantitative estimate of drug-likeness (QED) is 0.544. The molecule has 4 rings (SSSR count). The van der Waals surface area contributed by atoms with Gasteiger partial charge < -0.3 is 4.74 Å². The Morgan fingerprint density at radius 3 is 2.12 bits per heavy atom. The van der Waals surface area contributed by atoms with Crippen LogP contribution in [-0.4, -0.2) is 21.7 Å². The predicted molar refractivity (Wildman–Crippen MR) is 94.5 cm³/mol. The van der Waals surface area contributed by atoms with E-state index in [2.05, 4.69) is 10.1 Å². The maximum Gasteiger partial charge on any atom is 0.163 e. The summed E-state index contributed by atoms with van der Waals surface area (Å²) >= 11 is 0. The first-order valence-electron chi connectivity index (χ1n) is 8.05. The van der Waals surface area contributed by atoms with E-state index in [9.17, 15) is 8.78 Å². The van der Waals surface area contributed by atoms with Gasteiger partial charge in [0.1, 0.15) is 11.6 Å². The molecular weight excluding hydrogens is 336 g/mol. The lowest BCUT2D eigenvalue weighted by molar-refractivity contribution is 0.181. The molecule has 0 aliphatic carbocycles. The molecule has 0 aliphatic heterocycles. The van der Waals surface area contributed by atoms with Gasteiger partial charge in [0, 0.05) is 18.9 Å². The van der Waals surface area contributed by atoms with Crippen molar-refractivity contribution in [2.45, 2.75) is 6.61 Å². The van der Waals surface area contributed by atoms with Gasteiger partial charge in [-0.05, 0) is 48.0 Å². The first-order valence-corrected chi connectivity index (χ1v) is 8.05. The number of fused-ring (bicyclic) bond motifs is 1. The second-order valence-electron chi connectivity index (χ2n) is 5.83. The molecule has 0 aliphatic rings. The maximum atomic E-state index is 13.3. The number of hydrogen-bond acceptors (Lipinski definition) is 3. The van der Waals surface area contributed by atoms with Gasteiger partial charge in [-0.15, -0.1) is 0 Å². The highest BCUT2D eigenvalue weighted by Gasteiger charge is 2.18. The van der Waals surface area contributed by atoms with Crippen LogP contribution in [-0.2, 0) is 11.3 Å². The van der Waals surface area contributed by atoms with E-state index < -0.39 is 0 Å². The van der Waals surface area contributed by atoms with Crippen molar-refractivity contribution in [3.05, 3.63) is 78.1 Å². The maximum absolute atomic E-state index is 13.3. The standard InChI is InChI=1S/C20H15F2N3O/c1-26-12-17-19(14-4-8-16(22)9-5-14)20-23-11-10-18(25(20)24-17)13-2-6-15(21)7-3-13/h2-11H,12H2,1H3. The van der Waals surface area contributed by atoms with E-state index in [1.165, 1.54) is 24.3 Å². The van der Waals surface area contributed by atoms with E-state index in [-0.39, 0.29) is 11.6 Å². The van der Waals surface area contributed by atoms with Crippen molar-refractivity contribution in [2.24, 2.45) is 0 Å². The second kappa shape index (κ2) is 6.65. The monoisotopic (exact) mass is 351 g/mol. The van der Waals surface area contributed by atoms with Crippen molar-refractivity contribution in [3.63, 3.8) is 0 Å². The van der Waals surface area contributed by atoms with Crippen LogP contribution >= 0.6 is 0 Å². The Morgan fingerprint density at radius 2 is 1.50 bits per heavy atom. The van der Waals surface area contributed by atoms with E-state index in [0.717, 1.165) is 22.4 Å². The Labute approximate surface area is 148 Å². The Balaban J connectivity index is 1.96. The first-order chi connectivity index (χ1) is 12.7. The number of methoxy groups -OCH3 is 1. The molecule has 130 valence electrons. The number of ether oxygens (including phenoxy) is 1. The van der Waals surface area contributed by atoms with Gasteiger partial charge in [0.25, 0.3) is 0 Å². The summed E-state index contributed by atoms with van der Waals surface area (Å²) in [5, 5.41) is 4.64. The summed E-state index contributed by atoms with van der Waals surface area (Å²) in [4.78, 5) is 4.46. The SMILES string of the molecule is COCc1nn2c(-c3ccc(F)cc3)ccnc2c1-c1ccc(F)cc1. The zero-order chi connectivity index (χ0) is 18.1. The Kier molecular flexibility index (Phi) is 4.18. The molecule has 0 saturated heterocycles. The topological polar surface area (TPSA) is 39.4 Å². The van der Waals surface area contributed by atoms with E-state index in [1.54, 1.807) is 42.1 Å². The van der Waals surface area contributed by atoms with Gasteiger partial charge in [0.15, 0.2) is 5.65 Å². The van der Waals surface area contributed by atoms with E-state index in [1.807, 2.05) is 6.07 Å². The summed E-state index contributed by atoms with van der Waals surface area (Å²) in [5.74, 6) is -0.606. The molecule has 0 fully saturated rings. The van der Waals surface area contributed by atoms with Crippen molar-refractivity contribution >= 4 is 5.65 Å². The average Bonchev–Trinajstić information content (AvgIpc) is 3.02. The molecule has 0 spiro atoms. The number of aromatic nitrogens is 3. The molecular formula is C20H15F2N3O. The third-order valence-corrected chi connectivity index (χ3v) is 4.14. The molecule has 0 bridgehead atoms. The number of nitrogens with zero attached hydrogens (tertiary/aromatic N) is 3. The molecule has 4 nitrogen and oxygen atoms in total. The summed E-state index contributed by atoms with van der Waals surface area (Å²) in [6, 6.07) is 14.2. The zero-order valence-electron chi connectivity index (χ0n) is 14.0. The van der Waals surface area contributed by atoms with Crippen LogP contribution in [0, 0.1) is 11.6 Å². The number of hydrogen-bond donors (Lipinski definition) is 0. The summed E-state index contributed by atoms with van der Waals surface area (Å²) in [6.07, 6.45) is 1.68. The van der Waals surface area contributed by atoms with Crippen molar-refractivity contribution in [3.8, 4) is 22.4 Å². The molecule has 6 heteroatoms. The fourth-order valence-corrected chi connectivity index (χ4v) is 2.98. The van der Waals surface area contributed by atoms with Gasteiger partial charge >= 0.3 is 0 Å². The fourth-order valence-electron chi connectivity index (χ4n) is 2.98. The fraction of sp³-hybridized carbons (Fsp3) is 0.100. The summed E-state index contributed by atoms with van der Waals surface area (Å²) < 4.78 is 33.6. The summed E-state index contributed by atoms with van der Waals surface area (Å²) in [5.41, 5.74) is 4.51. The van der Waals surface area contributed by atoms with Gasteiger partial charge in [-0.2, -0.15) is 5.10 Å². The summed E-state index contributed by atoms with van der Waals surface area (Å²) in [6.45, 7) is 0.291. The number of rotatable bonds is 4. The lowest BCUT2D eigenvalue weighted by Gasteiger charge is -2.05. The average molecular weight is 351 g/mol. The number of benzene rings is 2. The van der Waals surface area contributed by atoms with Crippen LogP contribution < -0.4 is 0 Å². The minimum absolute atomic E-state index is 0.291. The van der Waals surface area contributed by atoms with Gasteiger partial charge in [-0.25, -0.2) is 18.3 Å². The minimum atomic E-state index is -0.307. The van der Waals surface area contributed by atoms with E-state index >= 15 is 0 Å². The molecule has 0 saturated carbocycles. The zero-order valence-corrected chi connectivity index (χ0v) is 14.0. The number of halogens is 2. The molecule has 0 radical (unpaired) electrons. The summed E-state index contributed by atoms with van der Waals surface area (Å²) in [7, 11) is 1.59. The molecule has 26 heavy (non-hydrogen) atoms. The van der Waals surface area contributed by atoms with Crippen LogP contribution in [0.2, 0.25) is 0 Å². The van der Waals surface area contributed by atoms with Crippen LogP contribution in [0.4, 0.5) is 8.78 Å². The van der Waals surface area contributed by atoms with Gasteiger partial charge in [0.05, 0.1) is 23.6 Å². The van der Waals surface area contributed by atoms with Crippen LogP contribution in [0.25, 0.3) is 28.0 Å². The lowest BCUT2D eigenvalue weighted by atomic mass is 10.1. The molecule has 4 aromatic rings. The Hall–Kier alpha value is -3.12. The molecule has 0 atom stereocenters. The van der Waals surface area contributed by atoms with Crippen LogP contribution in [0.5, 0.6) is 0 Å². The third-order valence-electron chi connectivity index (χ3n) is 4.14. The molecule has 0 N–H and O–H groups in total. The van der Waals surface area contributed by atoms with Crippen LogP contribution in [0.1, 0.15) is 5.69 Å². The van der Waals surface area contributed by atoms with Gasteiger partial charge in [0.2, 0.25) is 0 Å². The molecule has 2 aromatic carbocycles. The molecule has 2 aromatic heterocycles. The molecule has 0 amide bonds. The van der Waals surface area contributed by atoms with Gasteiger partial charge in [-0.3, -0.25) is 0 Å². The smallest absolute Gasteiger partial charge is 0.163 e. The predicted octanol–water partition coefficient (Wildman–Crippen LogP) is 4.49. The highest BCUT2D eigenvalue weighted by Crippen LogP contribution is 2.31. The van der Waals surface area contributed by atoms with Crippen molar-refractivity contribution in [2.75, 3.05) is 7.11 Å². The van der Waals surface area contributed by atoms with Gasteiger partial charge in [-0.1, -0.05) is 12.1 Å². The van der Waals surface area contributed by atoms with Crippen molar-refractivity contribution in [1.29, 1.82) is 0 Å². The van der Waals surface area contributed by atoms with Crippen LogP contribution in [0.15, 0.2) is 60.8 Å². The molecule has 2 heterocycles. The normalized spacial score (nSPS) is 11.2. The van der Waals surface area contributed by atoms with Crippen molar-refractivity contribution in [1.82, 2.24) is 14.6 Å². The van der Waals surface area contributed by atoms with Crippen LogP contribution in [0.3, 0.4) is 0 Å². The van der Waals surface area contributed by atoms with E-state index in [0.29, 0.717) is 17.9 Å². The third kappa shape index (κ3) is 2.84. The van der Waals surface area contributed by atoms with E-state index in [4.69, 9.17) is 4.74 Å². The first kappa shape index (κ1) is 16.4.